The molecule has 0 fully saturated rings. The van der Waals surface area contributed by atoms with Crippen molar-refractivity contribution in [1.29, 1.82) is 0 Å². The highest BCUT2D eigenvalue weighted by atomic mass is 127. The lowest BCUT2D eigenvalue weighted by Crippen LogP contribution is -2.41. The van der Waals surface area contributed by atoms with Gasteiger partial charge in [0, 0.05) is 37.6 Å². The van der Waals surface area contributed by atoms with E-state index in [1.165, 1.54) is 0 Å². The Morgan fingerprint density at radius 1 is 1.23 bits per heavy atom. The summed E-state index contributed by atoms with van der Waals surface area (Å²) in [4.78, 5) is 15.5. The van der Waals surface area contributed by atoms with Crippen molar-refractivity contribution < 1.29 is 4.79 Å². The van der Waals surface area contributed by atoms with E-state index in [-0.39, 0.29) is 35.8 Å². The van der Waals surface area contributed by atoms with Gasteiger partial charge in [-0.05, 0) is 17.7 Å². The summed E-state index contributed by atoms with van der Waals surface area (Å²) in [5, 5.41) is 9.89. The van der Waals surface area contributed by atoms with Gasteiger partial charge in [0.25, 0.3) is 0 Å². The van der Waals surface area contributed by atoms with Crippen LogP contribution < -0.4 is 16.0 Å². The normalized spacial score (nSPS) is 10.9. The lowest BCUT2D eigenvalue weighted by molar-refractivity contribution is -0.123. The molecule has 0 radical (unpaired) electrons. The molecule has 0 spiro atoms. The molecular weight excluding hydrogens is 415 g/mol. The quantitative estimate of drug-likeness (QED) is 0.277. The number of amides is 1. The first-order valence-electron chi connectivity index (χ1n) is 6.99. The Morgan fingerprint density at radius 3 is 2.50 bits per heavy atom. The monoisotopic (exact) mass is 438 g/mol. The Morgan fingerprint density at radius 2 is 1.91 bits per heavy atom. The smallest absolute Gasteiger partial charge is 0.222 e. The maximum absolute atomic E-state index is 11.4. The summed E-state index contributed by atoms with van der Waals surface area (Å²) in [6, 6.07) is 7.66. The Balaban J connectivity index is 0.00000441. The van der Waals surface area contributed by atoms with Crippen molar-refractivity contribution in [2.75, 3.05) is 20.1 Å². The van der Waals surface area contributed by atoms with Crippen LogP contribution in [0.4, 0.5) is 0 Å². The Labute approximate surface area is 154 Å². The number of hydrogen-bond donors (Lipinski definition) is 3. The minimum absolute atomic E-state index is 0. The van der Waals surface area contributed by atoms with Crippen LogP contribution in [0.15, 0.2) is 29.3 Å². The number of rotatable bonds is 6. The van der Waals surface area contributed by atoms with Gasteiger partial charge in [0.15, 0.2) is 5.96 Å². The second-order valence-corrected chi connectivity index (χ2v) is 5.36. The van der Waals surface area contributed by atoms with Gasteiger partial charge >= 0.3 is 0 Å². The maximum Gasteiger partial charge on any atom is 0.222 e. The van der Waals surface area contributed by atoms with Crippen LogP contribution in [0.1, 0.15) is 19.4 Å². The molecule has 1 aromatic rings. The fourth-order valence-electron chi connectivity index (χ4n) is 1.62. The standard InChI is InChI=1S/C15H23ClN4O.HI/c1-11(2)14(21)18-7-8-19-15(17-3)20-10-12-5-4-6-13(16)9-12;/h4-6,9,11H,7-8,10H2,1-3H3,(H,18,21)(H2,17,19,20);1H. The van der Waals surface area contributed by atoms with Crippen molar-refractivity contribution in [1.82, 2.24) is 16.0 Å². The zero-order valence-corrected chi connectivity index (χ0v) is 16.2. The number of aliphatic imine (C=N–C) groups is 1. The van der Waals surface area contributed by atoms with Crippen molar-refractivity contribution in [3.8, 4) is 0 Å². The summed E-state index contributed by atoms with van der Waals surface area (Å²) in [7, 11) is 1.71. The molecule has 0 aliphatic heterocycles. The zero-order valence-electron chi connectivity index (χ0n) is 13.1. The number of nitrogens with one attached hydrogen (secondary N) is 3. The molecule has 0 aliphatic carbocycles. The second kappa shape index (κ2) is 11.5. The number of carbonyl (C=O) groups excluding carboxylic acids is 1. The van der Waals surface area contributed by atoms with E-state index in [4.69, 9.17) is 11.6 Å². The van der Waals surface area contributed by atoms with Crippen molar-refractivity contribution in [2.24, 2.45) is 10.9 Å². The van der Waals surface area contributed by atoms with Crippen molar-refractivity contribution in [2.45, 2.75) is 20.4 Å². The van der Waals surface area contributed by atoms with Crippen molar-refractivity contribution in [3.63, 3.8) is 0 Å². The summed E-state index contributed by atoms with van der Waals surface area (Å²) in [5.41, 5.74) is 1.08. The largest absolute Gasteiger partial charge is 0.355 e. The van der Waals surface area contributed by atoms with Crippen LogP contribution in [-0.2, 0) is 11.3 Å². The van der Waals surface area contributed by atoms with Gasteiger partial charge in [0.1, 0.15) is 0 Å². The molecule has 0 aromatic heterocycles. The third-order valence-electron chi connectivity index (χ3n) is 2.81. The van der Waals surface area contributed by atoms with Gasteiger partial charge in [0.2, 0.25) is 5.91 Å². The van der Waals surface area contributed by atoms with Gasteiger partial charge < -0.3 is 16.0 Å². The highest BCUT2D eigenvalue weighted by Crippen LogP contribution is 2.09. The molecule has 1 rings (SSSR count). The molecule has 7 heteroatoms. The Hall–Kier alpha value is -1.02. The first-order valence-corrected chi connectivity index (χ1v) is 7.37. The topological polar surface area (TPSA) is 65.5 Å². The van der Waals surface area contributed by atoms with Gasteiger partial charge in [-0.25, -0.2) is 0 Å². The van der Waals surface area contributed by atoms with E-state index in [0.717, 1.165) is 5.56 Å². The van der Waals surface area contributed by atoms with E-state index in [2.05, 4.69) is 20.9 Å². The first-order chi connectivity index (χ1) is 10.0. The highest BCUT2D eigenvalue weighted by molar-refractivity contribution is 14.0. The Bertz CT molecular complexity index is 494. The third-order valence-corrected chi connectivity index (χ3v) is 3.05. The fraction of sp³-hybridized carbons (Fsp3) is 0.467. The molecule has 22 heavy (non-hydrogen) atoms. The molecule has 0 saturated heterocycles. The number of hydrogen-bond acceptors (Lipinski definition) is 2. The number of halogens is 2. The number of guanidine groups is 1. The summed E-state index contributed by atoms with van der Waals surface area (Å²) in [6.07, 6.45) is 0. The van der Waals surface area contributed by atoms with Crippen LogP contribution in [0.2, 0.25) is 5.02 Å². The molecule has 124 valence electrons. The van der Waals surface area contributed by atoms with Crippen molar-refractivity contribution >= 4 is 47.4 Å². The van der Waals surface area contributed by atoms with E-state index < -0.39 is 0 Å². The van der Waals surface area contributed by atoms with Crippen LogP contribution in [0.25, 0.3) is 0 Å². The van der Waals surface area contributed by atoms with Gasteiger partial charge in [0.05, 0.1) is 0 Å². The van der Waals surface area contributed by atoms with Gasteiger partial charge in [-0.1, -0.05) is 37.6 Å². The second-order valence-electron chi connectivity index (χ2n) is 4.93. The molecule has 0 bridgehead atoms. The minimum atomic E-state index is 0. The Kier molecular flexibility index (Phi) is 11.0. The molecular formula is C15H24ClIN4O. The van der Waals surface area contributed by atoms with Crippen molar-refractivity contribution in [3.05, 3.63) is 34.9 Å². The number of nitrogens with zero attached hydrogens (tertiary/aromatic N) is 1. The molecule has 0 unspecified atom stereocenters. The van der Waals surface area contributed by atoms with E-state index in [0.29, 0.717) is 30.6 Å². The summed E-state index contributed by atoms with van der Waals surface area (Å²) >= 11 is 5.94. The van der Waals surface area contributed by atoms with Crippen LogP contribution in [0.5, 0.6) is 0 Å². The fourth-order valence-corrected chi connectivity index (χ4v) is 1.84. The molecule has 0 saturated carbocycles. The molecule has 1 aromatic carbocycles. The number of carbonyl (C=O) groups is 1. The average Bonchev–Trinajstić information content (AvgIpc) is 2.46. The lowest BCUT2D eigenvalue weighted by Gasteiger charge is -2.13. The van der Waals surface area contributed by atoms with Crippen LogP contribution in [0.3, 0.4) is 0 Å². The average molecular weight is 439 g/mol. The van der Waals surface area contributed by atoms with E-state index in [1.54, 1.807) is 7.05 Å². The van der Waals surface area contributed by atoms with E-state index >= 15 is 0 Å². The molecule has 5 nitrogen and oxygen atoms in total. The molecule has 3 N–H and O–H groups in total. The maximum atomic E-state index is 11.4. The zero-order chi connectivity index (χ0) is 15.7. The summed E-state index contributed by atoms with van der Waals surface area (Å²) < 4.78 is 0. The van der Waals surface area contributed by atoms with E-state index in [1.807, 2.05) is 38.1 Å². The first kappa shape index (κ1) is 21.0. The SMILES string of the molecule is CN=C(NCCNC(=O)C(C)C)NCc1cccc(Cl)c1.I. The molecule has 0 heterocycles. The lowest BCUT2D eigenvalue weighted by atomic mass is 10.2. The van der Waals surface area contributed by atoms with E-state index in [9.17, 15) is 4.79 Å². The third kappa shape index (κ3) is 8.43. The van der Waals surface area contributed by atoms with Crippen LogP contribution in [-0.4, -0.2) is 32.0 Å². The number of benzene rings is 1. The van der Waals surface area contributed by atoms with Crippen LogP contribution >= 0.6 is 35.6 Å². The minimum Gasteiger partial charge on any atom is -0.355 e. The predicted molar refractivity (Wildman–Crippen MR) is 103 cm³/mol. The molecule has 0 aliphatic rings. The van der Waals surface area contributed by atoms with Gasteiger partial charge in [-0.3, -0.25) is 9.79 Å². The van der Waals surface area contributed by atoms with Gasteiger partial charge in [-0.15, -0.1) is 24.0 Å². The molecule has 1 amide bonds. The summed E-state index contributed by atoms with van der Waals surface area (Å²) in [6.45, 7) is 5.56. The summed E-state index contributed by atoms with van der Waals surface area (Å²) in [5.74, 6) is 0.748. The van der Waals surface area contributed by atoms with Crippen LogP contribution in [0, 0.1) is 5.92 Å². The molecule has 0 atom stereocenters. The van der Waals surface area contributed by atoms with Gasteiger partial charge in [-0.2, -0.15) is 0 Å². The highest BCUT2D eigenvalue weighted by Gasteiger charge is 2.05. The predicted octanol–water partition coefficient (Wildman–Crippen LogP) is 2.40.